The number of ether oxygens (including phenoxy) is 1. The maximum absolute atomic E-state index is 12.1. The van der Waals surface area contributed by atoms with E-state index in [-0.39, 0.29) is 0 Å². The van der Waals surface area contributed by atoms with Gasteiger partial charge in [0, 0.05) is 29.9 Å². The first-order valence-corrected chi connectivity index (χ1v) is 12.0. The first kappa shape index (κ1) is 22.7. The third kappa shape index (κ3) is 3.74. The predicted molar refractivity (Wildman–Crippen MR) is 135 cm³/mol. The van der Waals surface area contributed by atoms with E-state index in [1.807, 2.05) is 54.0 Å². The second-order valence-corrected chi connectivity index (χ2v) is 9.88. The molecule has 0 bridgehead atoms. The number of aryl methyl sites for hydroxylation is 2. The minimum absolute atomic E-state index is 0.450. The van der Waals surface area contributed by atoms with E-state index in [1.54, 1.807) is 24.3 Å². The third-order valence-corrected chi connectivity index (χ3v) is 7.39. The van der Waals surface area contributed by atoms with Gasteiger partial charge in [-0.1, -0.05) is 36.4 Å². The van der Waals surface area contributed by atoms with Crippen molar-refractivity contribution >= 4 is 23.0 Å². The first-order chi connectivity index (χ1) is 16.7. The van der Waals surface area contributed by atoms with Gasteiger partial charge >= 0.3 is 5.97 Å². The van der Waals surface area contributed by atoms with Crippen LogP contribution in [0.2, 0.25) is 0 Å². The van der Waals surface area contributed by atoms with Crippen molar-refractivity contribution in [3.8, 4) is 22.2 Å². The summed E-state index contributed by atoms with van der Waals surface area (Å²) < 4.78 is 7.71. The Labute approximate surface area is 207 Å². The predicted octanol–water partition coefficient (Wildman–Crippen LogP) is 5.38. The van der Waals surface area contributed by atoms with Crippen LogP contribution in [0.5, 0.6) is 0 Å². The van der Waals surface area contributed by atoms with Crippen LogP contribution in [0.15, 0.2) is 53.5 Å². The van der Waals surface area contributed by atoms with Crippen LogP contribution in [0, 0.1) is 32.1 Å². The molecule has 1 atom stereocenters. The molecule has 2 aromatic carbocycles. The zero-order valence-corrected chi connectivity index (χ0v) is 20.9. The maximum atomic E-state index is 12.1. The van der Waals surface area contributed by atoms with E-state index in [2.05, 4.69) is 30.1 Å². The Morgan fingerprint density at radius 2 is 1.77 bits per heavy atom. The lowest BCUT2D eigenvalue weighted by atomic mass is 9.96. The molecular formula is C27H23N5O2S. The normalized spacial score (nSPS) is 16.5. The Kier molecular flexibility index (Phi) is 5.37. The van der Waals surface area contributed by atoms with Gasteiger partial charge in [-0.25, -0.2) is 4.99 Å². The zero-order valence-electron chi connectivity index (χ0n) is 20.1. The molecule has 174 valence electrons. The molecule has 3 heterocycles. The van der Waals surface area contributed by atoms with Crippen molar-refractivity contribution < 1.29 is 9.53 Å². The smallest absolute Gasteiger partial charge is 0.305 e. The fraction of sp³-hybridized carbons (Fsp3) is 0.222. The Hall–Kier alpha value is -4.09. The summed E-state index contributed by atoms with van der Waals surface area (Å²) in [6.07, 6.45) is 0. The third-order valence-electron chi connectivity index (χ3n) is 6.20. The minimum Gasteiger partial charge on any atom is -0.430 e. The summed E-state index contributed by atoms with van der Waals surface area (Å²) in [5.74, 6) is 0.714. The van der Waals surface area contributed by atoms with Crippen LogP contribution < -0.4 is 0 Å². The quantitative estimate of drug-likeness (QED) is 0.366. The van der Waals surface area contributed by atoms with Crippen molar-refractivity contribution in [3.63, 3.8) is 0 Å². The SMILES string of the molecule is CC(=O)O[C@]1(C)N=C(c2ccc(-c3cccc(C#N)c3)cc2)c2c(sc(C)c2C)-n2c(C)nnc21. The van der Waals surface area contributed by atoms with Crippen LogP contribution in [0.3, 0.4) is 0 Å². The highest BCUT2D eigenvalue weighted by atomic mass is 32.1. The molecule has 0 saturated carbocycles. The molecule has 35 heavy (non-hydrogen) atoms. The molecule has 5 rings (SSSR count). The van der Waals surface area contributed by atoms with Crippen molar-refractivity contribution in [1.29, 1.82) is 5.26 Å². The molecule has 0 fully saturated rings. The molecule has 4 aromatic rings. The van der Waals surface area contributed by atoms with Crippen LogP contribution in [0.4, 0.5) is 0 Å². The molecule has 7 nitrogen and oxygen atoms in total. The summed E-state index contributed by atoms with van der Waals surface area (Å²) in [7, 11) is 0. The number of esters is 1. The number of carbonyl (C=O) groups excluding carboxylic acids is 1. The average molecular weight is 482 g/mol. The van der Waals surface area contributed by atoms with Crippen molar-refractivity contribution in [3.05, 3.63) is 87.3 Å². The van der Waals surface area contributed by atoms with Crippen molar-refractivity contribution in [1.82, 2.24) is 14.8 Å². The van der Waals surface area contributed by atoms with Gasteiger partial charge in [-0.05, 0) is 49.6 Å². The van der Waals surface area contributed by atoms with Crippen LogP contribution in [0.1, 0.15) is 52.6 Å². The summed E-state index contributed by atoms with van der Waals surface area (Å²) in [5.41, 5.74) is 4.94. The second kappa shape index (κ2) is 8.29. The standard InChI is InChI=1S/C27H23N5O2S/c1-15-16(2)35-25-23(15)24(29-27(5,34-18(4)33)26-31-30-17(3)32(25)26)21-11-9-20(10-12-21)22-8-6-7-19(13-22)14-28/h6-13H,1-5H3/t27-/m0/s1. The summed E-state index contributed by atoms with van der Waals surface area (Å²) in [4.78, 5) is 18.3. The molecule has 0 aliphatic carbocycles. The number of nitriles is 1. The van der Waals surface area contributed by atoms with Gasteiger partial charge in [-0.15, -0.1) is 21.5 Å². The molecule has 0 spiro atoms. The molecular weight excluding hydrogens is 458 g/mol. The minimum atomic E-state index is -1.35. The lowest BCUT2D eigenvalue weighted by molar-refractivity contribution is -0.156. The first-order valence-electron chi connectivity index (χ1n) is 11.2. The number of thiophene rings is 1. The zero-order chi connectivity index (χ0) is 24.9. The Morgan fingerprint density at radius 1 is 1.06 bits per heavy atom. The number of fused-ring (bicyclic) bond motifs is 3. The molecule has 2 aromatic heterocycles. The number of carbonyl (C=O) groups is 1. The monoisotopic (exact) mass is 481 g/mol. The largest absolute Gasteiger partial charge is 0.430 e. The highest BCUT2D eigenvalue weighted by molar-refractivity contribution is 7.15. The fourth-order valence-electron chi connectivity index (χ4n) is 4.42. The second-order valence-electron chi connectivity index (χ2n) is 8.68. The summed E-state index contributed by atoms with van der Waals surface area (Å²) in [5, 5.41) is 18.8. The van der Waals surface area contributed by atoms with E-state index < -0.39 is 11.7 Å². The van der Waals surface area contributed by atoms with E-state index in [9.17, 15) is 10.1 Å². The molecule has 0 amide bonds. The van der Waals surface area contributed by atoms with Crippen LogP contribution in [0.25, 0.3) is 16.1 Å². The van der Waals surface area contributed by atoms with Gasteiger partial charge in [0.25, 0.3) is 5.72 Å². The van der Waals surface area contributed by atoms with Gasteiger partial charge in [-0.3, -0.25) is 9.36 Å². The van der Waals surface area contributed by atoms with E-state index in [4.69, 9.17) is 9.73 Å². The number of aromatic nitrogens is 3. The van der Waals surface area contributed by atoms with Crippen molar-refractivity contribution in [2.75, 3.05) is 0 Å². The van der Waals surface area contributed by atoms with Crippen molar-refractivity contribution in [2.24, 2.45) is 4.99 Å². The lowest BCUT2D eigenvalue weighted by Crippen LogP contribution is -2.30. The number of aliphatic imine (C=N–C) groups is 1. The Morgan fingerprint density at radius 3 is 2.46 bits per heavy atom. The Bertz CT molecular complexity index is 1560. The number of hydrogen-bond donors (Lipinski definition) is 0. The molecule has 0 unspecified atom stereocenters. The van der Waals surface area contributed by atoms with Gasteiger partial charge in [-0.2, -0.15) is 5.26 Å². The van der Waals surface area contributed by atoms with Gasteiger partial charge in [0.2, 0.25) is 5.82 Å². The van der Waals surface area contributed by atoms with Crippen LogP contribution in [-0.2, 0) is 15.3 Å². The van der Waals surface area contributed by atoms with Gasteiger partial charge in [0.15, 0.2) is 0 Å². The number of benzene rings is 2. The molecule has 0 saturated heterocycles. The lowest BCUT2D eigenvalue weighted by Gasteiger charge is -2.23. The highest BCUT2D eigenvalue weighted by Gasteiger charge is 2.41. The number of hydrogen-bond acceptors (Lipinski definition) is 7. The number of rotatable bonds is 3. The molecule has 1 aliphatic rings. The van der Waals surface area contributed by atoms with Gasteiger partial charge < -0.3 is 4.74 Å². The van der Waals surface area contributed by atoms with Crippen LogP contribution in [-0.4, -0.2) is 26.4 Å². The summed E-state index contributed by atoms with van der Waals surface area (Å²) >= 11 is 1.64. The molecule has 0 radical (unpaired) electrons. The van der Waals surface area contributed by atoms with E-state index in [0.29, 0.717) is 17.2 Å². The van der Waals surface area contributed by atoms with E-state index >= 15 is 0 Å². The summed E-state index contributed by atoms with van der Waals surface area (Å²) in [6, 6.07) is 17.8. The number of nitrogens with zero attached hydrogens (tertiary/aromatic N) is 5. The molecule has 1 aliphatic heterocycles. The highest BCUT2D eigenvalue weighted by Crippen LogP contribution is 2.41. The molecule has 8 heteroatoms. The Balaban J connectivity index is 1.72. The van der Waals surface area contributed by atoms with Crippen molar-refractivity contribution in [2.45, 2.75) is 40.3 Å². The van der Waals surface area contributed by atoms with Gasteiger partial charge in [0.05, 0.1) is 17.3 Å². The van der Waals surface area contributed by atoms with E-state index in [0.717, 1.165) is 38.5 Å². The molecule has 0 N–H and O–H groups in total. The average Bonchev–Trinajstić information content (AvgIpc) is 3.33. The van der Waals surface area contributed by atoms with Crippen LogP contribution >= 0.6 is 11.3 Å². The van der Waals surface area contributed by atoms with Gasteiger partial charge in [0.1, 0.15) is 10.8 Å². The topological polar surface area (TPSA) is 93.2 Å². The van der Waals surface area contributed by atoms with E-state index in [1.165, 1.54) is 11.8 Å². The fourth-order valence-corrected chi connectivity index (χ4v) is 5.62. The summed E-state index contributed by atoms with van der Waals surface area (Å²) in [6.45, 7) is 9.16. The maximum Gasteiger partial charge on any atom is 0.305 e.